The van der Waals surface area contributed by atoms with Crippen LogP contribution in [-0.4, -0.2) is 40.7 Å². The van der Waals surface area contributed by atoms with Crippen LogP contribution in [0.1, 0.15) is 46.6 Å². The highest BCUT2D eigenvalue weighted by Gasteiger charge is 2.32. The summed E-state index contributed by atoms with van der Waals surface area (Å²) in [4.78, 5) is 27.3. The molecule has 0 saturated heterocycles. The number of amides is 1. The Morgan fingerprint density at radius 1 is 1.03 bits per heavy atom. The number of hydrogen-bond donors (Lipinski definition) is 0. The third-order valence-electron chi connectivity index (χ3n) is 4.93. The third-order valence-corrected chi connectivity index (χ3v) is 4.93. The van der Waals surface area contributed by atoms with E-state index in [1.165, 1.54) is 4.90 Å². The molecule has 29 heavy (non-hydrogen) atoms. The summed E-state index contributed by atoms with van der Waals surface area (Å²) in [6, 6.07) is 20.3. The molecule has 4 rings (SSSR count). The van der Waals surface area contributed by atoms with Crippen molar-refractivity contribution < 1.29 is 14.3 Å². The fourth-order valence-electron chi connectivity index (χ4n) is 3.18. The van der Waals surface area contributed by atoms with Crippen LogP contribution in [-0.2, 0) is 9.53 Å². The molecule has 1 atom stereocenters. The van der Waals surface area contributed by atoms with Gasteiger partial charge in [0.2, 0.25) is 6.10 Å². The van der Waals surface area contributed by atoms with Crippen molar-refractivity contribution in [1.29, 1.82) is 0 Å². The van der Waals surface area contributed by atoms with Gasteiger partial charge in [-0.05, 0) is 31.0 Å². The normalized spacial score (nSPS) is 14.3. The molecule has 3 aromatic rings. The fourth-order valence-corrected chi connectivity index (χ4v) is 3.18. The summed E-state index contributed by atoms with van der Waals surface area (Å²) in [5.41, 5.74) is 2.62. The van der Waals surface area contributed by atoms with Crippen LogP contribution in [0.3, 0.4) is 0 Å². The molecule has 6 heteroatoms. The van der Waals surface area contributed by atoms with Crippen LogP contribution in [0.4, 0.5) is 0 Å². The lowest BCUT2D eigenvalue weighted by atomic mass is 10.1. The van der Waals surface area contributed by atoms with Gasteiger partial charge in [-0.1, -0.05) is 48.5 Å². The molecule has 6 nitrogen and oxygen atoms in total. The van der Waals surface area contributed by atoms with Crippen molar-refractivity contribution in [1.82, 2.24) is 14.7 Å². The average molecular weight is 389 g/mol. The first-order chi connectivity index (χ1) is 14.0. The first-order valence-electron chi connectivity index (χ1n) is 9.67. The number of aromatic nitrogens is 2. The first-order valence-corrected chi connectivity index (χ1v) is 9.67. The third kappa shape index (κ3) is 4.06. The molecule has 0 aliphatic heterocycles. The molecule has 1 heterocycles. The van der Waals surface area contributed by atoms with Crippen molar-refractivity contribution in [3.05, 3.63) is 83.7 Å². The standard InChI is InChI=1S/C23H23N3O3/c1-25(2)22(27)21(17-9-5-3-6-10-17)29-23(28)20-15-19(16-13-14-16)24-26(20)18-11-7-4-8-12-18/h3-12,15-16,21H,13-14H2,1-2H3. The summed E-state index contributed by atoms with van der Waals surface area (Å²) in [7, 11) is 3.29. The summed E-state index contributed by atoms with van der Waals surface area (Å²) in [5, 5.41) is 4.64. The number of likely N-dealkylation sites (N-methyl/N-ethyl adjacent to an activating group) is 1. The number of rotatable bonds is 6. The molecule has 1 aliphatic carbocycles. The highest BCUT2D eigenvalue weighted by Crippen LogP contribution is 2.40. The van der Waals surface area contributed by atoms with E-state index in [1.54, 1.807) is 37.0 Å². The van der Waals surface area contributed by atoms with E-state index in [-0.39, 0.29) is 5.91 Å². The summed E-state index contributed by atoms with van der Waals surface area (Å²) >= 11 is 0. The van der Waals surface area contributed by atoms with Crippen molar-refractivity contribution in [3.8, 4) is 5.69 Å². The van der Waals surface area contributed by atoms with Crippen molar-refractivity contribution in [2.75, 3.05) is 14.1 Å². The van der Waals surface area contributed by atoms with Gasteiger partial charge in [-0.25, -0.2) is 9.48 Å². The number of nitrogens with zero attached hydrogens (tertiary/aromatic N) is 3. The van der Waals surface area contributed by atoms with Crippen molar-refractivity contribution in [2.45, 2.75) is 24.9 Å². The van der Waals surface area contributed by atoms with Gasteiger partial charge in [0, 0.05) is 25.6 Å². The van der Waals surface area contributed by atoms with Gasteiger partial charge in [0.15, 0.2) is 5.69 Å². The van der Waals surface area contributed by atoms with E-state index >= 15 is 0 Å². The predicted octanol–water partition coefficient (Wildman–Crippen LogP) is 3.74. The minimum absolute atomic E-state index is 0.294. The molecule has 0 N–H and O–H groups in total. The maximum atomic E-state index is 13.2. The van der Waals surface area contributed by atoms with Crippen molar-refractivity contribution in [2.24, 2.45) is 0 Å². The molecule has 0 radical (unpaired) electrons. The molecular formula is C23H23N3O3. The van der Waals surface area contributed by atoms with E-state index in [4.69, 9.17) is 4.74 Å². The quantitative estimate of drug-likeness (QED) is 0.603. The Morgan fingerprint density at radius 3 is 2.24 bits per heavy atom. The number of para-hydroxylation sites is 1. The zero-order valence-corrected chi connectivity index (χ0v) is 16.5. The molecule has 1 amide bonds. The highest BCUT2D eigenvalue weighted by molar-refractivity contribution is 5.92. The molecule has 0 spiro atoms. The van der Waals surface area contributed by atoms with E-state index in [1.807, 2.05) is 48.5 Å². The van der Waals surface area contributed by atoms with Gasteiger partial charge in [-0.15, -0.1) is 0 Å². The van der Waals surface area contributed by atoms with Gasteiger partial charge in [-0.2, -0.15) is 5.10 Å². The molecule has 148 valence electrons. The van der Waals surface area contributed by atoms with Crippen LogP contribution in [0.5, 0.6) is 0 Å². The lowest BCUT2D eigenvalue weighted by molar-refractivity contribution is -0.138. The van der Waals surface area contributed by atoms with Crippen molar-refractivity contribution >= 4 is 11.9 Å². The molecule has 1 saturated carbocycles. The minimum atomic E-state index is -1.01. The Labute approximate surface area is 169 Å². The number of ether oxygens (including phenoxy) is 1. The lowest BCUT2D eigenvalue weighted by Crippen LogP contribution is -2.31. The summed E-state index contributed by atoms with van der Waals surface area (Å²) in [6.07, 6.45) is 1.14. The van der Waals surface area contributed by atoms with Gasteiger partial charge in [-0.3, -0.25) is 4.79 Å². The summed E-state index contributed by atoms with van der Waals surface area (Å²) < 4.78 is 7.34. The Kier molecular flexibility index (Phi) is 5.16. The average Bonchev–Trinajstić information content (AvgIpc) is 3.50. The van der Waals surface area contributed by atoms with Crippen LogP contribution < -0.4 is 0 Å². The summed E-state index contributed by atoms with van der Waals surface area (Å²) in [6.45, 7) is 0. The van der Waals surface area contributed by atoms with Crippen LogP contribution in [0.25, 0.3) is 5.69 Å². The fraction of sp³-hybridized carbons (Fsp3) is 0.261. The van der Waals surface area contributed by atoms with Gasteiger partial charge >= 0.3 is 5.97 Å². The van der Waals surface area contributed by atoms with Gasteiger partial charge < -0.3 is 9.64 Å². The Hall–Kier alpha value is -3.41. The largest absolute Gasteiger partial charge is 0.443 e. The highest BCUT2D eigenvalue weighted by atomic mass is 16.5. The lowest BCUT2D eigenvalue weighted by Gasteiger charge is -2.21. The number of carbonyl (C=O) groups is 2. The zero-order valence-electron chi connectivity index (χ0n) is 16.5. The number of benzene rings is 2. The second-order valence-electron chi connectivity index (χ2n) is 7.40. The van der Waals surface area contributed by atoms with Gasteiger partial charge in [0.05, 0.1) is 11.4 Å². The maximum absolute atomic E-state index is 13.2. The first kappa shape index (κ1) is 18.9. The van der Waals surface area contributed by atoms with Gasteiger partial charge in [0.1, 0.15) is 0 Å². The SMILES string of the molecule is CN(C)C(=O)C(OC(=O)c1cc(C2CC2)nn1-c1ccccc1)c1ccccc1. The molecule has 1 unspecified atom stereocenters. The monoisotopic (exact) mass is 389 g/mol. The topological polar surface area (TPSA) is 64.4 Å². The molecule has 1 fully saturated rings. The second kappa shape index (κ2) is 7.91. The number of esters is 1. The number of carbonyl (C=O) groups excluding carboxylic acids is 2. The van der Waals surface area contributed by atoms with E-state index in [0.29, 0.717) is 17.2 Å². The molecule has 0 bridgehead atoms. The molecular weight excluding hydrogens is 366 g/mol. The van der Waals surface area contributed by atoms with Crippen LogP contribution in [0.2, 0.25) is 0 Å². The van der Waals surface area contributed by atoms with Crippen LogP contribution in [0, 0.1) is 0 Å². The van der Waals surface area contributed by atoms with Crippen molar-refractivity contribution in [3.63, 3.8) is 0 Å². The Morgan fingerprint density at radius 2 is 1.66 bits per heavy atom. The van der Waals surface area contributed by atoms with E-state index in [2.05, 4.69) is 5.10 Å². The maximum Gasteiger partial charge on any atom is 0.358 e. The van der Waals surface area contributed by atoms with E-state index < -0.39 is 12.1 Å². The van der Waals surface area contributed by atoms with Crippen LogP contribution in [0.15, 0.2) is 66.7 Å². The Balaban J connectivity index is 1.68. The second-order valence-corrected chi connectivity index (χ2v) is 7.40. The number of hydrogen-bond acceptors (Lipinski definition) is 4. The van der Waals surface area contributed by atoms with Gasteiger partial charge in [0.25, 0.3) is 5.91 Å². The van der Waals surface area contributed by atoms with E-state index in [9.17, 15) is 9.59 Å². The predicted molar refractivity (Wildman–Crippen MR) is 109 cm³/mol. The smallest absolute Gasteiger partial charge is 0.358 e. The minimum Gasteiger partial charge on any atom is -0.443 e. The van der Waals surface area contributed by atoms with Crippen LogP contribution >= 0.6 is 0 Å². The zero-order chi connectivity index (χ0) is 20.4. The molecule has 1 aromatic heterocycles. The van der Waals surface area contributed by atoms with E-state index in [0.717, 1.165) is 24.2 Å². The molecule has 1 aliphatic rings. The molecule has 2 aromatic carbocycles. The summed E-state index contributed by atoms with van der Waals surface area (Å²) in [5.74, 6) is -0.477. The Bertz CT molecular complexity index is 1010.